The van der Waals surface area contributed by atoms with Gasteiger partial charge in [-0.25, -0.2) is 9.50 Å². The van der Waals surface area contributed by atoms with E-state index in [1.165, 1.54) is 15.3 Å². The number of hydrogen-bond donors (Lipinski definition) is 0. The van der Waals surface area contributed by atoms with Gasteiger partial charge in [-0.1, -0.05) is 30.3 Å². The summed E-state index contributed by atoms with van der Waals surface area (Å²) in [4.78, 5) is 7.23. The summed E-state index contributed by atoms with van der Waals surface area (Å²) in [6, 6.07) is 18.9. The van der Waals surface area contributed by atoms with E-state index in [9.17, 15) is 0 Å². The number of thiophene rings is 1. The number of nitrogens with zero attached hydrogens (tertiary/aromatic N) is 3. The molecule has 0 aliphatic rings. The van der Waals surface area contributed by atoms with Gasteiger partial charge in [0.1, 0.15) is 5.03 Å². The van der Waals surface area contributed by atoms with Gasteiger partial charge in [0.05, 0.1) is 16.8 Å². The Morgan fingerprint density at radius 3 is 2.74 bits per heavy atom. The fourth-order valence-electron chi connectivity index (χ4n) is 2.42. The van der Waals surface area contributed by atoms with Gasteiger partial charge in [0.25, 0.3) is 0 Å². The molecule has 0 unspecified atom stereocenters. The maximum atomic E-state index is 4.73. The van der Waals surface area contributed by atoms with Crippen LogP contribution >= 0.6 is 23.1 Å². The molecule has 0 atom stereocenters. The number of thioether (sulfide) groups is 1. The highest BCUT2D eigenvalue weighted by Gasteiger charge is 2.10. The van der Waals surface area contributed by atoms with Gasteiger partial charge >= 0.3 is 0 Å². The zero-order valence-electron chi connectivity index (χ0n) is 12.6. The van der Waals surface area contributed by atoms with E-state index in [0.717, 1.165) is 22.1 Å². The summed E-state index contributed by atoms with van der Waals surface area (Å²) in [7, 11) is 0. The van der Waals surface area contributed by atoms with Gasteiger partial charge in [-0.2, -0.15) is 5.10 Å². The van der Waals surface area contributed by atoms with Crippen LogP contribution in [0.2, 0.25) is 0 Å². The van der Waals surface area contributed by atoms with E-state index in [1.807, 2.05) is 16.6 Å². The van der Waals surface area contributed by atoms with Crippen molar-refractivity contribution in [2.75, 3.05) is 0 Å². The summed E-state index contributed by atoms with van der Waals surface area (Å²) >= 11 is 3.56. The van der Waals surface area contributed by atoms with E-state index in [4.69, 9.17) is 4.98 Å². The Balaban J connectivity index is 1.71. The Morgan fingerprint density at radius 1 is 1.09 bits per heavy atom. The molecule has 3 nitrogen and oxygen atoms in total. The van der Waals surface area contributed by atoms with Gasteiger partial charge < -0.3 is 0 Å². The zero-order valence-corrected chi connectivity index (χ0v) is 14.3. The fourth-order valence-corrected chi connectivity index (χ4v) is 4.21. The van der Waals surface area contributed by atoms with Gasteiger partial charge in [-0.15, -0.1) is 23.1 Å². The SMILES string of the molecule is Cc1ccc(-c2cc(SCc3ccccc3)n3nccc3n2)s1. The molecule has 3 aromatic heterocycles. The van der Waals surface area contributed by atoms with Crippen molar-refractivity contribution in [2.24, 2.45) is 0 Å². The number of aryl methyl sites for hydroxylation is 1. The number of aromatic nitrogens is 3. The van der Waals surface area contributed by atoms with Gasteiger partial charge in [-0.05, 0) is 30.7 Å². The lowest BCUT2D eigenvalue weighted by molar-refractivity contribution is 0.845. The second kappa shape index (κ2) is 6.18. The quantitative estimate of drug-likeness (QED) is 0.385. The molecule has 1 aromatic carbocycles. The normalized spacial score (nSPS) is 11.2. The fraction of sp³-hybridized carbons (Fsp3) is 0.111. The maximum Gasteiger partial charge on any atom is 0.156 e. The smallest absolute Gasteiger partial charge is 0.156 e. The standard InChI is InChI=1S/C18H15N3S2/c1-13-7-8-16(23-13)15-11-18(21-17(20-15)9-10-19-21)22-12-14-5-3-2-4-6-14/h2-11H,12H2,1H3. The van der Waals surface area contributed by atoms with Crippen molar-refractivity contribution < 1.29 is 0 Å². The van der Waals surface area contributed by atoms with Crippen molar-refractivity contribution >= 4 is 28.7 Å². The van der Waals surface area contributed by atoms with Crippen molar-refractivity contribution in [3.05, 3.63) is 71.2 Å². The molecule has 4 aromatic rings. The molecule has 0 radical (unpaired) electrons. The summed E-state index contributed by atoms with van der Waals surface area (Å²) in [6.07, 6.45) is 1.80. The maximum absolute atomic E-state index is 4.73. The molecule has 0 saturated heterocycles. The number of rotatable bonds is 4. The molecule has 0 N–H and O–H groups in total. The molecule has 0 spiro atoms. The minimum absolute atomic E-state index is 0.893. The van der Waals surface area contributed by atoms with E-state index in [1.54, 1.807) is 29.3 Å². The summed E-state index contributed by atoms with van der Waals surface area (Å²) in [6.45, 7) is 2.12. The Morgan fingerprint density at radius 2 is 1.96 bits per heavy atom. The zero-order chi connectivity index (χ0) is 15.6. The van der Waals surface area contributed by atoms with E-state index in [2.05, 4.69) is 54.5 Å². The van der Waals surface area contributed by atoms with Gasteiger partial charge in [-0.3, -0.25) is 0 Å². The molecule has 3 heterocycles. The summed E-state index contributed by atoms with van der Waals surface area (Å²) < 4.78 is 1.91. The predicted molar refractivity (Wildman–Crippen MR) is 97.0 cm³/mol. The van der Waals surface area contributed by atoms with Gasteiger partial charge in [0.2, 0.25) is 0 Å². The Hall–Kier alpha value is -2.11. The summed E-state index contributed by atoms with van der Waals surface area (Å²) in [5.41, 5.74) is 3.22. The van der Waals surface area contributed by atoms with Crippen LogP contribution in [0.15, 0.2) is 65.8 Å². The number of hydrogen-bond acceptors (Lipinski definition) is 4. The van der Waals surface area contributed by atoms with Crippen molar-refractivity contribution in [3.8, 4) is 10.6 Å². The van der Waals surface area contributed by atoms with Crippen LogP contribution in [0.5, 0.6) is 0 Å². The highest BCUT2D eigenvalue weighted by Crippen LogP contribution is 2.31. The van der Waals surface area contributed by atoms with Crippen LogP contribution in [-0.4, -0.2) is 14.6 Å². The largest absolute Gasteiger partial charge is 0.228 e. The van der Waals surface area contributed by atoms with Crippen molar-refractivity contribution in [3.63, 3.8) is 0 Å². The lowest BCUT2D eigenvalue weighted by atomic mass is 10.2. The van der Waals surface area contributed by atoms with E-state index in [-0.39, 0.29) is 0 Å². The average Bonchev–Trinajstić information content (AvgIpc) is 3.22. The molecule has 0 bridgehead atoms. The Kier molecular flexibility index (Phi) is 3.89. The Bertz CT molecular complexity index is 941. The first-order valence-electron chi connectivity index (χ1n) is 7.38. The van der Waals surface area contributed by atoms with Gasteiger partial charge in [0.15, 0.2) is 5.65 Å². The van der Waals surface area contributed by atoms with Crippen LogP contribution in [0.4, 0.5) is 0 Å². The first kappa shape index (κ1) is 14.5. The van der Waals surface area contributed by atoms with Gasteiger partial charge in [0, 0.05) is 16.7 Å². The van der Waals surface area contributed by atoms with Crippen molar-refractivity contribution in [1.82, 2.24) is 14.6 Å². The van der Waals surface area contributed by atoms with Crippen LogP contribution in [0.1, 0.15) is 10.4 Å². The van der Waals surface area contributed by atoms with Crippen molar-refractivity contribution in [1.29, 1.82) is 0 Å². The number of fused-ring (bicyclic) bond motifs is 1. The van der Waals surface area contributed by atoms with Crippen LogP contribution in [0.3, 0.4) is 0 Å². The lowest BCUT2D eigenvalue weighted by Crippen LogP contribution is -1.96. The molecule has 5 heteroatoms. The first-order chi connectivity index (χ1) is 11.3. The molecule has 0 amide bonds. The molecular formula is C18H15N3S2. The predicted octanol–water partition coefficient (Wildman–Crippen LogP) is 5.06. The Labute approximate surface area is 143 Å². The average molecular weight is 337 g/mol. The molecule has 4 rings (SSSR count). The van der Waals surface area contributed by atoms with E-state index >= 15 is 0 Å². The first-order valence-corrected chi connectivity index (χ1v) is 9.18. The third-order valence-corrected chi connectivity index (χ3v) is 5.64. The number of benzene rings is 1. The van der Waals surface area contributed by atoms with Crippen LogP contribution < -0.4 is 0 Å². The topological polar surface area (TPSA) is 30.2 Å². The lowest BCUT2D eigenvalue weighted by Gasteiger charge is -2.07. The highest BCUT2D eigenvalue weighted by molar-refractivity contribution is 7.98. The molecule has 23 heavy (non-hydrogen) atoms. The van der Waals surface area contributed by atoms with E-state index < -0.39 is 0 Å². The molecule has 0 aliphatic heterocycles. The monoisotopic (exact) mass is 337 g/mol. The minimum atomic E-state index is 0.893. The van der Waals surface area contributed by atoms with E-state index in [0.29, 0.717) is 0 Å². The molecule has 0 fully saturated rings. The highest BCUT2D eigenvalue weighted by atomic mass is 32.2. The molecule has 0 aliphatic carbocycles. The third-order valence-electron chi connectivity index (χ3n) is 3.55. The second-order valence-electron chi connectivity index (χ2n) is 5.27. The van der Waals surface area contributed by atoms with Crippen molar-refractivity contribution in [2.45, 2.75) is 17.7 Å². The van der Waals surface area contributed by atoms with Crippen LogP contribution in [-0.2, 0) is 5.75 Å². The summed E-state index contributed by atoms with van der Waals surface area (Å²) in [5, 5.41) is 5.52. The molecule has 114 valence electrons. The second-order valence-corrected chi connectivity index (χ2v) is 7.55. The molecular weight excluding hydrogens is 322 g/mol. The summed E-state index contributed by atoms with van der Waals surface area (Å²) in [5.74, 6) is 0.919. The third kappa shape index (κ3) is 3.02. The molecule has 0 saturated carbocycles. The van der Waals surface area contributed by atoms with Crippen LogP contribution in [0.25, 0.3) is 16.2 Å². The van der Waals surface area contributed by atoms with Crippen LogP contribution in [0, 0.1) is 6.92 Å². The minimum Gasteiger partial charge on any atom is -0.228 e.